The average Bonchev–Trinajstić information content (AvgIpc) is 3.69. The third-order valence-electron chi connectivity index (χ3n) is 7.88. The number of amides is 1. The van der Waals surface area contributed by atoms with Crippen molar-refractivity contribution < 1.29 is 18.0 Å². The van der Waals surface area contributed by atoms with E-state index >= 15 is 4.39 Å². The third kappa shape index (κ3) is 4.48. The van der Waals surface area contributed by atoms with Gasteiger partial charge in [0, 0.05) is 42.4 Å². The van der Waals surface area contributed by atoms with Crippen LogP contribution in [0.1, 0.15) is 52.7 Å². The van der Waals surface area contributed by atoms with E-state index in [1.54, 1.807) is 25.1 Å². The Hall–Kier alpha value is -1.95. The maximum Gasteiger partial charge on any atom is 0.261 e. The highest BCUT2D eigenvalue weighted by molar-refractivity contribution is 7.37. The molecule has 3 fully saturated rings. The number of piperidine rings is 1. The van der Waals surface area contributed by atoms with Crippen molar-refractivity contribution in [1.82, 2.24) is 14.8 Å². The fourth-order valence-electron chi connectivity index (χ4n) is 5.52. The maximum absolute atomic E-state index is 15.1. The van der Waals surface area contributed by atoms with Crippen molar-refractivity contribution in [2.45, 2.75) is 49.2 Å². The lowest BCUT2D eigenvalue weighted by molar-refractivity contribution is 0.0648. The zero-order valence-electron chi connectivity index (χ0n) is 20.2. The first-order chi connectivity index (χ1) is 17.0. The molecule has 194 valence electrons. The number of likely N-dealkylation sites (tertiary alicyclic amines) is 1. The molecular formula is C25H31F3N4O2P2. The predicted octanol–water partition coefficient (Wildman–Crippen LogP) is 3.95. The Kier molecular flexibility index (Phi) is 6.72. The van der Waals surface area contributed by atoms with Gasteiger partial charge in [-0.3, -0.25) is 9.59 Å². The second-order valence-corrected chi connectivity index (χ2v) is 12.6. The van der Waals surface area contributed by atoms with Crippen LogP contribution in [0.4, 0.5) is 18.9 Å². The average molecular weight is 538 g/mol. The summed E-state index contributed by atoms with van der Waals surface area (Å²) in [7, 11) is 7.09. The molecule has 1 aromatic carbocycles. The summed E-state index contributed by atoms with van der Waals surface area (Å²) in [6.07, 6.45) is -1.11. The van der Waals surface area contributed by atoms with Gasteiger partial charge >= 0.3 is 0 Å². The first kappa shape index (κ1) is 25.7. The number of nitrogens with zero attached hydrogens (tertiary/aromatic N) is 2. The number of aromatic nitrogens is 1. The molecule has 3 aliphatic rings. The Morgan fingerprint density at radius 1 is 1.17 bits per heavy atom. The first-order valence-electron chi connectivity index (χ1n) is 12.1. The Balaban J connectivity index is 1.46. The smallest absolute Gasteiger partial charge is 0.261 e. The number of anilines is 1. The molecule has 2 unspecified atom stereocenters. The van der Waals surface area contributed by atoms with Crippen molar-refractivity contribution in [3.05, 3.63) is 63.3 Å². The van der Waals surface area contributed by atoms with E-state index in [2.05, 4.69) is 41.1 Å². The molecule has 1 amide bonds. The Morgan fingerprint density at radius 3 is 2.39 bits per heavy atom. The number of hydrogen-bond acceptors (Lipinski definition) is 4. The van der Waals surface area contributed by atoms with Gasteiger partial charge in [0.05, 0.1) is 17.3 Å². The van der Waals surface area contributed by atoms with Crippen molar-refractivity contribution in [2.75, 3.05) is 25.5 Å². The summed E-state index contributed by atoms with van der Waals surface area (Å²) < 4.78 is 43.8. The second kappa shape index (κ2) is 9.41. The van der Waals surface area contributed by atoms with E-state index in [1.165, 1.54) is 12.3 Å². The van der Waals surface area contributed by atoms with Crippen LogP contribution in [0.2, 0.25) is 0 Å². The number of carbonyl (C=O) groups is 1. The van der Waals surface area contributed by atoms with Crippen molar-refractivity contribution in [2.24, 2.45) is 11.8 Å². The molecule has 5 rings (SSSR count). The van der Waals surface area contributed by atoms with E-state index in [0.29, 0.717) is 28.7 Å². The minimum atomic E-state index is -2.72. The minimum Gasteiger partial charge on any atom is -0.381 e. The van der Waals surface area contributed by atoms with Gasteiger partial charge in [0.1, 0.15) is 11.4 Å². The fourth-order valence-corrected chi connectivity index (χ4v) is 6.03. The summed E-state index contributed by atoms with van der Waals surface area (Å²) in [6.45, 7) is 3.52. The molecule has 2 saturated carbocycles. The number of nitrogens with one attached hydrogen (secondary N) is 2. The first-order valence-corrected chi connectivity index (χ1v) is 13.5. The van der Waals surface area contributed by atoms with Crippen molar-refractivity contribution in [3.63, 3.8) is 0 Å². The van der Waals surface area contributed by atoms with Crippen molar-refractivity contribution in [1.29, 1.82) is 0 Å². The van der Waals surface area contributed by atoms with E-state index < -0.39 is 35.3 Å². The van der Waals surface area contributed by atoms with Crippen LogP contribution < -0.4 is 16.2 Å². The molecule has 1 aliphatic heterocycles. The molecule has 6 atom stereocenters. The normalized spacial score (nSPS) is 25.1. The lowest BCUT2D eigenvalue weighted by atomic mass is 10.0. The van der Waals surface area contributed by atoms with Gasteiger partial charge in [0.2, 0.25) is 0 Å². The number of rotatable bonds is 8. The van der Waals surface area contributed by atoms with Crippen molar-refractivity contribution >= 4 is 30.1 Å². The van der Waals surface area contributed by atoms with Crippen LogP contribution in [0.5, 0.6) is 0 Å². The topological polar surface area (TPSA) is 66.4 Å². The van der Waals surface area contributed by atoms with Crippen LogP contribution in [0.3, 0.4) is 0 Å². The molecule has 2 aromatic rings. The van der Waals surface area contributed by atoms with Crippen LogP contribution in [0.25, 0.3) is 0 Å². The van der Waals surface area contributed by atoms with Gasteiger partial charge in [-0.25, -0.2) is 13.2 Å². The van der Waals surface area contributed by atoms with Gasteiger partial charge in [-0.05, 0) is 44.2 Å². The fraction of sp³-hybridized carbons (Fsp3) is 0.520. The number of carbonyl (C=O) groups excluding carboxylic acids is 1. The number of benzene rings is 1. The highest BCUT2D eigenvalue weighted by Crippen LogP contribution is 2.49. The van der Waals surface area contributed by atoms with Crippen LogP contribution in [-0.2, 0) is 5.54 Å². The second-order valence-electron chi connectivity index (χ2n) is 10.4. The van der Waals surface area contributed by atoms with E-state index in [9.17, 15) is 18.4 Å². The minimum absolute atomic E-state index is 0.109. The van der Waals surface area contributed by atoms with E-state index in [4.69, 9.17) is 0 Å². The van der Waals surface area contributed by atoms with E-state index in [1.807, 2.05) is 0 Å². The van der Waals surface area contributed by atoms with E-state index in [-0.39, 0.29) is 29.8 Å². The summed E-state index contributed by atoms with van der Waals surface area (Å²) >= 11 is 0. The molecule has 1 saturated heterocycles. The molecule has 0 radical (unpaired) electrons. The van der Waals surface area contributed by atoms with Gasteiger partial charge in [-0.2, -0.15) is 0 Å². The van der Waals surface area contributed by atoms with Crippen LogP contribution in [0, 0.1) is 17.7 Å². The molecule has 2 aliphatic carbocycles. The summed E-state index contributed by atoms with van der Waals surface area (Å²) in [6, 6.07) is 5.72. The van der Waals surface area contributed by atoms with Crippen LogP contribution in [0.15, 0.2) is 35.3 Å². The molecule has 2 N–H and O–H groups in total. The lowest BCUT2D eigenvalue weighted by Gasteiger charge is -2.23. The monoisotopic (exact) mass is 538 g/mol. The summed E-state index contributed by atoms with van der Waals surface area (Å²) in [4.78, 5) is 28.6. The van der Waals surface area contributed by atoms with E-state index in [0.717, 1.165) is 17.7 Å². The highest BCUT2D eigenvalue weighted by atomic mass is 31.1. The van der Waals surface area contributed by atoms with Gasteiger partial charge < -0.3 is 20.1 Å². The number of pyridine rings is 1. The zero-order valence-corrected chi connectivity index (χ0v) is 22.5. The molecule has 11 heteroatoms. The summed E-state index contributed by atoms with van der Waals surface area (Å²) in [5.74, 6) is -0.114. The predicted molar refractivity (Wildman–Crippen MR) is 140 cm³/mol. The largest absolute Gasteiger partial charge is 0.381 e. The zero-order chi connectivity index (χ0) is 25.9. The van der Waals surface area contributed by atoms with Crippen LogP contribution in [-0.4, -0.2) is 48.0 Å². The Morgan fingerprint density at radius 2 is 1.81 bits per heavy atom. The number of alkyl halides is 2. The molecule has 6 nitrogen and oxygen atoms in total. The molecular weight excluding hydrogens is 507 g/mol. The van der Waals surface area contributed by atoms with Gasteiger partial charge in [0.25, 0.3) is 17.9 Å². The summed E-state index contributed by atoms with van der Waals surface area (Å²) in [5, 5.41) is 5.97. The van der Waals surface area contributed by atoms with Gasteiger partial charge in [-0.15, -0.1) is 18.5 Å². The summed E-state index contributed by atoms with van der Waals surface area (Å²) in [5.41, 5.74) is -0.881. The quantitative estimate of drug-likeness (QED) is 0.500. The molecule has 36 heavy (non-hydrogen) atoms. The third-order valence-corrected chi connectivity index (χ3v) is 8.60. The SMILES string of the molecule is C[C@@H](NC(=O)c1cn(C2(C(F)F)CC2)c(=O)cc1N[C@@H]1[C@@H]2CN(C)C[C@@H]21)c1cccc(C(P)P)c1F. The molecule has 2 heterocycles. The van der Waals surface area contributed by atoms with Crippen LogP contribution >= 0.6 is 18.5 Å². The molecule has 0 spiro atoms. The molecule has 0 bridgehead atoms. The highest BCUT2D eigenvalue weighted by Gasteiger charge is 2.56. The van der Waals surface area contributed by atoms with Gasteiger partial charge in [-0.1, -0.05) is 18.2 Å². The van der Waals surface area contributed by atoms with Gasteiger partial charge in [0.15, 0.2) is 0 Å². The number of halogens is 3. The standard InChI is InChI=1S/C25H31F3N4O2P2/c1-12(13-4-3-5-14(20(13)26)23(35)36)29-22(34)17-11-32(25(6-7-25)24(27)28)19(33)8-18(17)30-21-15-9-31(2)10-16(15)21/h3-5,8,11-12,15-16,21,23-24,30H,6-7,9-10,35-36H2,1-2H3,(H,29,34)/t12-,15-,16+,21-/m1/s1. The van der Waals surface area contributed by atoms with Crippen molar-refractivity contribution in [3.8, 4) is 0 Å². The molecule has 1 aromatic heterocycles. The maximum atomic E-state index is 15.1. The Labute approximate surface area is 212 Å². The Bertz CT molecular complexity index is 1240. The lowest BCUT2D eigenvalue weighted by Crippen LogP contribution is -2.37. The number of fused-ring (bicyclic) bond motifs is 1. The number of hydrogen-bond donors (Lipinski definition) is 2.